The van der Waals surface area contributed by atoms with Crippen molar-refractivity contribution in [3.05, 3.63) is 0 Å². The quantitative estimate of drug-likeness (QED) is 0.334. The van der Waals surface area contributed by atoms with Gasteiger partial charge in [0.15, 0.2) is 0 Å². The van der Waals surface area contributed by atoms with Gasteiger partial charge in [0.2, 0.25) is 0 Å². The molecule has 0 N–H and O–H groups in total. The molecule has 0 rings (SSSR count). The van der Waals surface area contributed by atoms with Crippen molar-refractivity contribution in [3.63, 3.8) is 0 Å². The van der Waals surface area contributed by atoms with Crippen LogP contribution in [0.5, 0.6) is 0 Å². The summed E-state index contributed by atoms with van der Waals surface area (Å²) in [6.45, 7) is 0. The molecular weight excluding hydrogens is 224 g/mol. The van der Waals surface area contributed by atoms with Gasteiger partial charge in [0.25, 0.3) is 0 Å². The second-order valence-electron chi connectivity index (χ2n) is 1.50. The third kappa shape index (κ3) is 4.98. The van der Waals surface area contributed by atoms with Crippen molar-refractivity contribution in [1.82, 2.24) is 0 Å². The number of hydrogen-bond donors (Lipinski definition) is 0. The summed E-state index contributed by atoms with van der Waals surface area (Å²) in [4.78, 5) is 17.3. The summed E-state index contributed by atoms with van der Waals surface area (Å²) < 4.78 is 18.4. The van der Waals surface area contributed by atoms with Crippen LogP contribution in [-0.4, -0.2) is 28.4 Å². The fraction of sp³-hybridized carbons (Fsp3) is 1.00. The second kappa shape index (κ2) is 7.77. The van der Waals surface area contributed by atoms with Crippen LogP contribution in [0.3, 0.4) is 0 Å². The van der Waals surface area contributed by atoms with E-state index in [1.807, 2.05) is 0 Å². The minimum atomic E-state index is -4.21. The van der Waals surface area contributed by atoms with Crippen molar-refractivity contribution >= 4 is 0 Å². The summed E-state index contributed by atoms with van der Waals surface area (Å²) in [6, 6.07) is 0. The van der Waals surface area contributed by atoms with Crippen LogP contribution in [0.25, 0.3) is 0 Å². The summed E-state index contributed by atoms with van der Waals surface area (Å²) in [5, 5.41) is 0. The van der Waals surface area contributed by atoms with Gasteiger partial charge in [-0.15, -0.1) is 0 Å². The van der Waals surface area contributed by atoms with Gasteiger partial charge in [-0.3, -0.25) is 0 Å². The summed E-state index contributed by atoms with van der Waals surface area (Å²) in [6.07, 6.45) is 0. The summed E-state index contributed by atoms with van der Waals surface area (Å²) >= 11 is -4.21. The molecule has 0 aliphatic rings. The molecule has 0 radical (unpaired) electrons. The van der Waals surface area contributed by atoms with E-state index >= 15 is 0 Å². The topological polar surface area (TPSA) is 73.8 Å². The van der Waals surface area contributed by atoms with Gasteiger partial charge in [0, 0.05) is 0 Å². The van der Waals surface area contributed by atoms with Gasteiger partial charge < -0.3 is 0 Å². The SMILES string of the molecule is CO[O][Ti]([O]OC)([O]OC)[O]OC. The van der Waals surface area contributed by atoms with Crippen LogP contribution >= 0.6 is 0 Å². The van der Waals surface area contributed by atoms with Crippen LogP contribution in [0.1, 0.15) is 0 Å². The fourth-order valence-corrected chi connectivity index (χ4v) is 2.03. The van der Waals surface area contributed by atoms with E-state index in [0.29, 0.717) is 0 Å². The van der Waals surface area contributed by atoms with Gasteiger partial charge in [-0.05, 0) is 0 Å². The van der Waals surface area contributed by atoms with Crippen molar-refractivity contribution < 1.29 is 51.6 Å². The Balaban J connectivity index is 4.19. The fourth-order valence-electron chi connectivity index (χ4n) is 0.492. The van der Waals surface area contributed by atoms with Crippen LogP contribution < -0.4 is 0 Å². The van der Waals surface area contributed by atoms with Gasteiger partial charge >= 0.3 is 80.0 Å². The average molecular weight is 236 g/mol. The average Bonchev–Trinajstić information content (AvgIpc) is 2.06. The van der Waals surface area contributed by atoms with Crippen molar-refractivity contribution in [2.75, 3.05) is 28.4 Å². The Morgan fingerprint density at radius 1 is 0.538 bits per heavy atom. The third-order valence-electron chi connectivity index (χ3n) is 0.742. The molecular formula is C4H12O8Ti. The normalized spacial score (nSPS) is 12.0. The molecule has 0 saturated heterocycles. The van der Waals surface area contributed by atoms with Crippen molar-refractivity contribution in [3.8, 4) is 0 Å². The Labute approximate surface area is 80.5 Å². The molecule has 0 aromatic heterocycles. The molecule has 0 aliphatic carbocycles. The molecule has 0 amide bonds. The van der Waals surface area contributed by atoms with Gasteiger partial charge in [0.05, 0.1) is 0 Å². The number of hydrogen-bond acceptors (Lipinski definition) is 8. The van der Waals surface area contributed by atoms with Gasteiger partial charge in [0.1, 0.15) is 0 Å². The molecule has 0 aromatic carbocycles. The Morgan fingerprint density at radius 2 is 0.769 bits per heavy atom. The van der Waals surface area contributed by atoms with Crippen LogP contribution in [0, 0.1) is 0 Å². The summed E-state index contributed by atoms with van der Waals surface area (Å²) in [5.74, 6) is 0. The van der Waals surface area contributed by atoms with E-state index in [1.54, 1.807) is 0 Å². The van der Waals surface area contributed by atoms with E-state index in [9.17, 15) is 0 Å². The third-order valence-corrected chi connectivity index (χ3v) is 3.06. The maximum atomic E-state index is 4.60. The van der Waals surface area contributed by atoms with Crippen LogP contribution in [0.15, 0.2) is 0 Å². The summed E-state index contributed by atoms with van der Waals surface area (Å²) in [5.41, 5.74) is 0. The molecule has 0 saturated carbocycles. The molecule has 0 aromatic rings. The first-order valence-corrected chi connectivity index (χ1v) is 5.67. The van der Waals surface area contributed by atoms with E-state index in [2.05, 4.69) is 33.4 Å². The number of rotatable bonds is 8. The predicted octanol–water partition coefficient (Wildman–Crippen LogP) is 0.112. The van der Waals surface area contributed by atoms with E-state index in [-0.39, 0.29) is 0 Å². The Hall–Kier alpha value is 0.394. The van der Waals surface area contributed by atoms with Gasteiger partial charge in [-0.2, -0.15) is 0 Å². The molecule has 0 bridgehead atoms. The van der Waals surface area contributed by atoms with E-state index in [1.165, 1.54) is 28.4 Å². The van der Waals surface area contributed by atoms with E-state index < -0.39 is 18.1 Å². The second-order valence-corrected chi connectivity index (χ2v) is 4.10. The first-order valence-electron chi connectivity index (χ1n) is 3.12. The van der Waals surface area contributed by atoms with Crippen molar-refractivity contribution in [1.29, 1.82) is 0 Å². The molecule has 0 atom stereocenters. The molecule has 0 heterocycles. The molecule has 0 fully saturated rings. The molecule has 80 valence electrons. The first kappa shape index (κ1) is 13.4. The standard InChI is InChI=1S/4CH4O2.Ti/c4*1-3-2;/h4*2H,1H3;/q;;;;+4/p-4. The molecule has 9 heteroatoms. The molecule has 13 heavy (non-hydrogen) atoms. The Bertz CT molecular complexity index is 91.2. The maximum absolute atomic E-state index is 4.60. The first-order chi connectivity index (χ1) is 6.24. The van der Waals surface area contributed by atoms with Crippen molar-refractivity contribution in [2.45, 2.75) is 0 Å². The zero-order valence-electron chi connectivity index (χ0n) is 7.77. The van der Waals surface area contributed by atoms with Gasteiger partial charge in [-0.1, -0.05) is 0 Å². The van der Waals surface area contributed by atoms with Crippen LogP contribution in [-0.2, 0) is 51.6 Å². The van der Waals surface area contributed by atoms with Crippen molar-refractivity contribution in [2.24, 2.45) is 0 Å². The summed E-state index contributed by atoms with van der Waals surface area (Å²) in [7, 11) is 4.99. The van der Waals surface area contributed by atoms with Gasteiger partial charge in [-0.25, -0.2) is 0 Å². The predicted molar refractivity (Wildman–Crippen MR) is 32.4 cm³/mol. The minimum absolute atomic E-state index is 1.25. The Morgan fingerprint density at radius 3 is 0.923 bits per heavy atom. The Kier molecular flexibility index (Phi) is 8.00. The monoisotopic (exact) mass is 236 g/mol. The zero-order chi connectivity index (χ0) is 10.2. The zero-order valence-corrected chi connectivity index (χ0v) is 9.33. The van der Waals surface area contributed by atoms with E-state index in [0.717, 1.165) is 0 Å². The molecule has 0 unspecified atom stereocenters. The van der Waals surface area contributed by atoms with Crippen LogP contribution in [0.4, 0.5) is 0 Å². The molecule has 0 spiro atoms. The molecule has 0 aliphatic heterocycles. The van der Waals surface area contributed by atoms with E-state index in [4.69, 9.17) is 0 Å². The molecule has 8 nitrogen and oxygen atoms in total. The van der Waals surface area contributed by atoms with Crippen LogP contribution in [0.2, 0.25) is 0 Å².